The number of aliphatic hydroxyl groups excluding tert-OH is 1. The molecule has 1 heterocycles. The van der Waals surface area contributed by atoms with E-state index in [2.05, 4.69) is 10.3 Å². The Morgan fingerprint density at radius 3 is 2.87 bits per heavy atom. The first-order chi connectivity index (χ1) is 11.0. The van der Waals surface area contributed by atoms with Crippen LogP contribution in [0.2, 0.25) is 0 Å². The molecule has 1 aliphatic rings. The fourth-order valence-corrected chi connectivity index (χ4v) is 3.16. The van der Waals surface area contributed by atoms with Crippen LogP contribution in [-0.2, 0) is 0 Å². The summed E-state index contributed by atoms with van der Waals surface area (Å²) < 4.78 is 13.5. The van der Waals surface area contributed by atoms with Crippen LogP contribution in [0.1, 0.15) is 36.0 Å². The van der Waals surface area contributed by atoms with Gasteiger partial charge in [0.25, 0.3) is 5.91 Å². The van der Waals surface area contributed by atoms with Gasteiger partial charge in [-0.2, -0.15) is 0 Å². The first kappa shape index (κ1) is 15.7. The lowest BCUT2D eigenvalue weighted by molar-refractivity contribution is 0.0663. The summed E-state index contributed by atoms with van der Waals surface area (Å²) in [6.07, 6.45) is 3.25. The lowest BCUT2D eigenvalue weighted by atomic mass is 9.86. The minimum Gasteiger partial charge on any atom is -0.393 e. The normalized spacial score (nSPS) is 21.3. The van der Waals surface area contributed by atoms with Gasteiger partial charge >= 0.3 is 0 Å². The summed E-state index contributed by atoms with van der Waals surface area (Å²) in [6, 6.07) is 5.08. The predicted octanol–water partition coefficient (Wildman–Crippen LogP) is 1.95. The molecule has 2 unspecified atom stereocenters. The largest absolute Gasteiger partial charge is 0.393 e. The van der Waals surface area contributed by atoms with Crippen molar-refractivity contribution < 1.29 is 14.3 Å². The highest BCUT2D eigenvalue weighted by atomic mass is 19.1. The van der Waals surface area contributed by atoms with Crippen LogP contribution in [0.4, 0.5) is 4.39 Å². The van der Waals surface area contributed by atoms with Crippen molar-refractivity contribution in [2.45, 2.75) is 31.8 Å². The van der Waals surface area contributed by atoms with Crippen molar-refractivity contribution in [1.82, 2.24) is 10.3 Å². The summed E-state index contributed by atoms with van der Waals surface area (Å²) in [5.41, 5.74) is 0.155. The van der Waals surface area contributed by atoms with Gasteiger partial charge < -0.3 is 15.4 Å². The number of aromatic amines is 1. The maximum atomic E-state index is 13.5. The number of amides is 1. The fraction of sp³-hybridized carbons (Fsp3) is 0.412. The van der Waals surface area contributed by atoms with E-state index in [1.807, 2.05) is 0 Å². The Morgan fingerprint density at radius 2 is 2.09 bits per heavy atom. The van der Waals surface area contributed by atoms with E-state index in [-0.39, 0.29) is 11.5 Å². The Kier molecular flexibility index (Phi) is 4.43. The Labute approximate surface area is 132 Å². The molecule has 3 rings (SSSR count). The minimum atomic E-state index is -0.471. The van der Waals surface area contributed by atoms with E-state index < -0.39 is 23.4 Å². The lowest BCUT2D eigenvalue weighted by Gasteiger charge is -2.27. The van der Waals surface area contributed by atoms with Gasteiger partial charge in [-0.25, -0.2) is 4.39 Å². The topological polar surface area (TPSA) is 82.2 Å². The van der Waals surface area contributed by atoms with Gasteiger partial charge in [-0.05, 0) is 31.0 Å². The summed E-state index contributed by atoms with van der Waals surface area (Å²) in [6.45, 7) is 0.351. The average Bonchev–Trinajstić information content (AvgIpc) is 2.53. The number of carbonyl (C=O) groups is 1. The Balaban J connectivity index is 1.83. The van der Waals surface area contributed by atoms with Crippen molar-refractivity contribution in [2.75, 3.05) is 6.54 Å². The molecule has 0 radical (unpaired) electrons. The highest BCUT2D eigenvalue weighted by molar-refractivity contribution is 6.05. The highest BCUT2D eigenvalue weighted by Crippen LogP contribution is 2.24. The quantitative estimate of drug-likeness (QED) is 0.809. The van der Waals surface area contributed by atoms with Gasteiger partial charge in [0, 0.05) is 29.4 Å². The van der Waals surface area contributed by atoms with Crippen LogP contribution in [0, 0.1) is 11.7 Å². The molecule has 0 saturated heterocycles. The van der Waals surface area contributed by atoms with E-state index >= 15 is 0 Å². The molecule has 2 aromatic rings. The number of aliphatic hydroxyl groups is 1. The van der Waals surface area contributed by atoms with Crippen molar-refractivity contribution in [1.29, 1.82) is 0 Å². The van der Waals surface area contributed by atoms with Gasteiger partial charge in [0.1, 0.15) is 5.82 Å². The summed E-state index contributed by atoms with van der Waals surface area (Å²) in [5.74, 6) is -0.872. The van der Waals surface area contributed by atoms with Crippen LogP contribution in [0.25, 0.3) is 10.9 Å². The monoisotopic (exact) mass is 318 g/mol. The second kappa shape index (κ2) is 6.50. The molecule has 6 heteroatoms. The Hall–Kier alpha value is -2.21. The van der Waals surface area contributed by atoms with Crippen molar-refractivity contribution >= 4 is 16.8 Å². The standard InChI is InChI=1S/C17H19FN2O3/c18-11-5-6-14-12(7-11)13(8-16(22)20-14)17(23)19-9-10-3-1-2-4-15(10)21/h5-8,10,15,21H,1-4,9H2,(H,19,23)(H,20,22). The second-order valence-corrected chi connectivity index (χ2v) is 6.06. The minimum absolute atomic E-state index is 0.0256. The molecule has 1 aromatic carbocycles. The number of aromatic nitrogens is 1. The number of benzene rings is 1. The number of fused-ring (bicyclic) bond motifs is 1. The average molecular weight is 318 g/mol. The van der Waals surface area contributed by atoms with Crippen molar-refractivity contribution in [3.05, 3.63) is 46.0 Å². The summed E-state index contributed by atoms with van der Waals surface area (Å²) in [5, 5.41) is 13.1. The van der Waals surface area contributed by atoms with E-state index in [1.165, 1.54) is 24.3 Å². The van der Waals surface area contributed by atoms with E-state index in [0.29, 0.717) is 17.4 Å². The molecule has 1 fully saturated rings. The maximum absolute atomic E-state index is 13.5. The van der Waals surface area contributed by atoms with Crippen molar-refractivity contribution in [2.24, 2.45) is 5.92 Å². The molecule has 122 valence electrons. The maximum Gasteiger partial charge on any atom is 0.252 e. The molecule has 3 N–H and O–H groups in total. The molecule has 23 heavy (non-hydrogen) atoms. The number of nitrogens with one attached hydrogen (secondary N) is 2. The Bertz CT molecular complexity index is 787. The van der Waals surface area contributed by atoms with Crippen LogP contribution in [0.3, 0.4) is 0 Å². The number of H-pyrrole nitrogens is 1. The molecule has 0 aliphatic heterocycles. The number of rotatable bonds is 3. The molecule has 2 atom stereocenters. The zero-order valence-corrected chi connectivity index (χ0v) is 12.6. The lowest BCUT2D eigenvalue weighted by Crippen LogP contribution is -2.37. The van der Waals surface area contributed by atoms with Crippen LogP contribution in [0.15, 0.2) is 29.1 Å². The zero-order chi connectivity index (χ0) is 16.4. The summed E-state index contributed by atoms with van der Waals surface area (Å²) in [7, 11) is 0. The molecule has 1 saturated carbocycles. The van der Waals surface area contributed by atoms with Gasteiger partial charge in [-0.3, -0.25) is 9.59 Å². The number of halogens is 1. The zero-order valence-electron chi connectivity index (χ0n) is 12.6. The van der Waals surface area contributed by atoms with Crippen molar-refractivity contribution in [3.63, 3.8) is 0 Å². The smallest absolute Gasteiger partial charge is 0.252 e. The van der Waals surface area contributed by atoms with Crippen molar-refractivity contribution in [3.8, 4) is 0 Å². The van der Waals surface area contributed by atoms with Gasteiger partial charge in [0.05, 0.1) is 11.7 Å². The van der Waals surface area contributed by atoms with Gasteiger partial charge in [0.15, 0.2) is 0 Å². The van der Waals surface area contributed by atoms with E-state index in [1.54, 1.807) is 0 Å². The molecule has 1 aliphatic carbocycles. The van der Waals surface area contributed by atoms with Gasteiger partial charge in [0.2, 0.25) is 5.56 Å². The Morgan fingerprint density at radius 1 is 1.30 bits per heavy atom. The number of carbonyl (C=O) groups excluding carboxylic acids is 1. The number of pyridine rings is 1. The SMILES string of the molecule is O=C(NCC1CCCCC1O)c1cc(=O)[nH]c2ccc(F)cc12. The van der Waals surface area contributed by atoms with E-state index in [9.17, 15) is 19.1 Å². The fourth-order valence-electron chi connectivity index (χ4n) is 3.16. The molecule has 0 spiro atoms. The van der Waals surface area contributed by atoms with Crippen LogP contribution >= 0.6 is 0 Å². The van der Waals surface area contributed by atoms with E-state index in [0.717, 1.165) is 25.7 Å². The summed E-state index contributed by atoms with van der Waals surface area (Å²) >= 11 is 0. The molecule has 1 aromatic heterocycles. The molecule has 1 amide bonds. The molecular formula is C17H19FN2O3. The van der Waals surface area contributed by atoms with Gasteiger partial charge in [-0.15, -0.1) is 0 Å². The van der Waals surface area contributed by atoms with Crippen LogP contribution in [0.5, 0.6) is 0 Å². The molecular weight excluding hydrogens is 299 g/mol. The number of hydrogen-bond donors (Lipinski definition) is 3. The first-order valence-corrected chi connectivity index (χ1v) is 7.83. The first-order valence-electron chi connectivity index (χ1n) is 7.83. The molecule has 0 bridgehead atoms. The van der Waals surface area contributed by atoms with E-state index in [4.69, 9.17) is 0 Å². The number of hydrogen-bond acceptors (Lipinski definition) is 3. The van der Waals surface area contributed by atoms with Gasteiger partial charge in [-0.1, -0.05) is 12.8 Å². The third-order valence-corrected chi connectivity index (χ3v) is 4.44. The van der Waals surface area contributed by atoms with Crippen LogP contribution < -0.4 is 10.9 Å². The van der Waals surface area contributed by atoms with Crippen LogP contribution in [-0.4, -0.2) is 28.6 Å². The molecule has 5 nitrogen and oxygen atoms in total. The third kappa shape index (κ3) is 3.42. The summed E-state index contributed by atoms with van der Waals surface area (Å²) in [4.78, 5) is 26.7. The predicted molar refractivity (Wildman–Crippen MR) is 84.8 cm³/mol. The third-order valence-electron chi connectivity index (χ3n) is 4.44. The second-order valence-electron chi connectivity index (χ2n) is 6.06. The highest BCUT2D eigenvalue weighted by Gasteiger charge is 2.23.